The van der Waals surface area contributed by atoms with E-state index in [1.54, 1.807) is 0 Å². The molecule has 152 valence electrons. The van der Waals surface area contributed by atoms with Crippen LogP contribution in [0.3, 0.4) is 0 Å². The molecule has 0 heterocycles. The Balaban J connectivity index is 1.98. The smallest absolute Gasteiger partial charge is 0.407 e. The first-order chi connectivity index (χ1) is 13.4. The third-order valence-corrected chi connectivity index (χ3v) is 5.65. The van der Waals surface area contributed by atoms with Gasteiger partial charge in [-0.15, -0.1) is 0 Å². The molecule has 6 nitrogen and oxygen atoms in total. The summed E-state index contributed by atoms with van der Waals surface area (Å²) in [6, 6.07) is 18.0. The van der Waals surface area contributed by atoms with Gasteiger partial charge in [-0.3, -0.25) is 4.55 Å². The lowest BCUT2D eigenvalue weighted by atomic mass is 10.0. The fourth-order valence-corrected chi connectivity index (χ4v) is 3.91. The molecule has 0 aliphatic carbocycles. The van der Waals surface area contributed by atoms with E-state index in [0.29, 0.717) is 6.42 Å². The van der Waals surface area contributed by atoms with Crippen molar-refractivity contribution in [2.24, 2.45) is 0 Å². The normalized spacial score (nSPS) is 13.5. The molecule has 0 saturated heterocycles. The predicted octanol–water partition coefficient (Wildman–Crippen LogP) is 3.97. The summed E-state index contributed by atoms with van der Waals surface area (Å²) in [5, 5.41) is 1.74. The highest BCUT2D eigenvalue weighted by molar-refractivity contribution is 7.86. The summed E-state index contributed by atoms with van der Waals surface area (Å²) >= 11 is 0. The van der Waals surface area contributed by atoms with Crippen molar-refractivity contribution in [3.63, 3.8) is 0 Å². The Morgan fingerprint density at radius 3 is 2.14 bits per heavy atom. The van der Waals surface area contributed by atoms with Gasteiger partial charge >= 0.3 is 6.09 Å². The second-order valence-corrected chi connectivity index (χ2v) is 8.45. The first-order valence-electron chi connectivity index (χ1n) is 9.36. The Morgan fingerprint density at radius 1 is 1.04 bits per heavy atom. The molecule has 2 aromatic rings. The van der Waals surface area contributed by atoms with E-state index in [9.17, 15) is 17.8 Å². The van der Waals surface area contributed by atoms with Gasteiger partial charge in [0, 0.05) is 6.04 Å². The van der Waals surface area contributed by atoms with E-state index < -0.39 is 27.5 Å². The lowest BCUT2D eigenvalue weighted by molar-refractivity contribution is 0.134. The van der Waals surface area contributed by atoms with E-state index in [-0.39, 0.29) is 19.4 Å². The number of rotatable bonds is 10. The number of hydrogen-bond donors (Lipinski definition) is 2. The minimum absolute atomic E-state index is 0.113. The van der Waals surface area contributed by atoms with Crippen molar-refractivity contribution in [1.29, 1.82) is 0 Å². The van der Waals surface area contributed by atoms with Crippen LogP contribution in [-0.4, -0.2) is 30.4 Å². The SMILES string of the molecule is CCC[C@H](CC(Cc1ccccc1)S(=O)(=O)O)NC(=O)OCc1ccccc1. The highest BCUT2D eigenvalue weighted by atomic mass is 32.2. The number of alkyl carbamates (subject to hydrolysis) is 1. The lowest BCUT2D eigenvalue weighted by Gasteiger charge is -2.22. The average molecular weight is 406 g/mol. The molecule has 0 bridgehead atoms. The van der Waals surface area contributed by atoms with Gasteiger partial charge in [0.15, 0.2) is 0 Å². The highest BCUT2D eigenvalue weighted by Gasteiger charge is 2.28. The van der Waals surface area contributed by atoms with Gasteiger partial charge in [-0.05, 0) is 30.4 Å². The largest absolute Gasteiger partial charge is 0.445 e. The van der Waals surface area contributed by atoms with Gasteiger partial charge in [-0.1, -0.05) is 74.0 Å². The van der Waals surface area contributed by atoms with Crippen LogP contribution in [0.5, 0.6) is 0 Å². The minimum atomic E-state index is -4.26. The van der Waals surface area contributed by atoms with Crippen LogP contribution in [0, 0.1) is 0 Å². The summed E-state index contributed by atoms with van der Waals surface area (Å²) in [4.78, 5) is 12.1. The van der Waals surface area contributed by atoms with Gasteiger partial charge < -0.3 is 10.1 Å². The maximum atomic E-state index is 12.1. The van der Waals surface area contributed by atoms with Crippen LogP contribution in [0.1, 0.15) is 37.3 Å². The van der Waals surface area contributed by atoms with Gasteiger partial charge in [0.05, 0.1) is 5.25 Å². The number of amides is 1. The topological polar surface area (TPSA) is 92.7 Å². The third-order valence-electron chi connectivity index (χ3n) is 4.45. The Kier molecular flexibility index (Phi) is 8.47. The molecule has 1 amide bonds. The number of carbonyl (C=O) groups is 1. The first-order valence-corrected chi connectivity index (χ1v) is 10.9. The van der Waals surface area contributed by atoms with Crippen LogP contribution >= 0.6 is 0 Å². The molecule has 0 saturated carbocycles. The van der Waals surface area contributed by atoms with Gasteiger partial charge in [0.25, 0.3) is 10.1 Å². The van der Waals surface area contributed by atoms with E-state index in [1.807, 2.05) is 67.6 Å². The summed E-state index contributed by atoms with van der Waals surface area (Å²) in [6.07, 6.45) is 1.04. The van der Waals surface area contributed by atoms with Crippen molar-refractivity contribution < 1.29 is 22.5 Å². The quantitative estimate of drug-likeness (QED) is 0.584. The van der Waals surface area contributed by atoms with Crippen molar-refractivity contribution in [1.82, 2.24) is 5.32 Å². The van der Waals surface area contributed by atoms with Crippen LogP contribution < -0.4 is 5.32 Å². The molecule has 2 atom stereocenters. The Labute approximate surface area is 166 Å². The number of ether oxygens (including phenoxy) is 1. The molecule has 28 heavy (non-hydrogen) atoms. The zero-order chi connectivity index (χ0) is 20.4. The second-order valence-electron chi connectivity index (χ2n) is 6.75. The van der Waals surface area contributed by atoms with Gasteiger partial charge in [-0.2, -0.15) is 8.42 Å². The van der Waals surface area contributed by atoms with Gasteiger partial charge in [-0.25, -0.2) is 4.79 Å². The molecule has 0 aliphatic heterocycles. The maximum Gasteiger partial charge on any atom is 0.407 e. The second kappa shape index (κ2) is 10.8. The van der Waals surface area contributed by atoms with E-state index >= 15 is 0 Å². The van der Waals surface area contributed by atoms with Crippen LogP contribution in [-0.2, 0) is 27.9 Å². The maximum absolute atomic E-state index is 12.1. The molecule has 0 spiro atoms. The zero-order valence-electron chi connectivity index (χ0n) is 16.0. The number of nitrogens with one attached hydrogen (secondary N) is 1. The predicted molar refractivity (Wildman–Crippen MR) is 109 cm³/mol. The monoisotopic (exact) mass is 405 g/mol. The molecular weight excluding hydrogens is 378 g/mol. The lowest BCUT2D eigenvalue weighted by Crippen LogP contribution is -2.40. The third kappa shape index (κ3) is 7.70. The van der Waals surface area contributed by atoms with Crippen molar-refractivity contribution in [3.05, 3.63) is 71.8 Å². The molecule has 2 N–H and O–H groups in total. The van der Waals surface area contributed by atoms with Crippen molar-refractivity contribution >= 4 is 16.2 Å². The van der Waals surface area contributed by atoms with Gasteiger partial charge in [0.2, 0.25) is 0 Å². The summed E-state index contributed by atoms with van der Waals surface area (Å²) in [5.74, 6) is 0. The number of benzene rings is 2. The molecule has 0 radical (unpaired) electrons. The summed E-state index contributed by atoms with van der Waals surface area (Å²) in [6.45, 7) is 2.08. The molecule has 1 unspecified atom stereocenters. The fraction of sp³-hybridized carbons (Fsp3) is 0.381. The molecule has 0 aromatic heterocycles. The van der Waals surface area contributed by atoms with Crippen LogP contribution in [0.4, 0.5) is 4.79 Å². The van der Waals surface area contributed by atoms with Gasteiger partial charge in [0.1, 0.15) is 6.61 Å². The summed E-state index contributed by atoms with van der Waals surface area (Å²) in [5.41, 5.74) is 1.68. The number of carbonyl (C=O) groups excluding carboxylic acids is 1. The van der Waals surface area contributed by atoms with Crippen LogP contribution in [0.25, 0.3) is 0 Å². The Hall–Kier alpha value is -2.38. The first kappa shape index (κ1) is 21.9. The highest BCUT2D eigenvalue weighted by Crippen LogP contribution is 2.17. The molecule has 0 aliphatic rings. The van der Waals surface area contributed by atoms with E-state index in [0.717, 1.165) is 17.5 Å². The Bertz CT molecular complexity index is 824. The van der Waals surface area contributed by atoms with E-state index in [4.69, 9.17) is 4.74 Å². The average Bonchev–Trinajstić information content (AvgIpc) is 2.67. The molecule has 0 fully saturated rings. The van der Waals surface area contributed by atoms with E-state index in [2.05, 4.69) is 5.32 Å². The zero-order valence-corrected chi connectivity index (χ0v) is 16.8. The summed E-state index contributed by atoms with van der Waals surface area (Å²) < 4.78 is 38.7. The van der Waals surface area contributed by atoms with Crippen molar-refractivity contribution in [2.75, 3.05) is 0 Å². The molecule has 2 rings (SSSR count). The van der Waals surface area contributed by atoms with Crippen LogP contribution in [0.2, 0.25) is 0 Å². The van der Waals surface area contributed by atoms with Crippen LogP contribution in [0.15, 0.2) is 60.7 Å². The molecular formula is C21H27NO5S. The Morgan fingerprint density at radius 2 is 1.61 bits per heavy atom. The van der Waals surface area contributed by atoms with Crippen molar-refractivity contribution in [2.45, 2.75) is 50.5 Å². The van der Waals surface area contributed by atoms with E-state index in [1.165, 1.54) is 0 Å². The molecule has 2 aromatic carbocycles. The minimum Gasteiger partial charge on any atom is -0.445 e. The summed E-state index contributed by atoms with van der Waals surface area (Å²) in [7, 11) is -4.26. The fourth-order valence-electron chi connectivity index (χ4n) is 3.03. The standard InChI is InChI=1S/C21H27NO5S/c1-2-9-19(22-21(23)27-16-18-12-7-4-8-13-18)15-20(28(24,25)26)14-17-10-5-3-6-11-17/h3-8,10-13,19-20H,2,9,14-16H2,1H3,(H,22,23)(H,24,25,26)/t19-,20?/m1/s1. The number of hydrogen-bond acceptors (Lipinski definition) is 4. The molecule has 7 heteroatoms. The van der Waals surface area contributed by atoms with Crippen molar-refractivity contribution in [3.8, 4) is 0 Å².